The van der Waals surface area contributed by atoms with Crippen molar-refractivity contribution < 1.29 is 14.3 Å². The zero-order chi connectivity index (χ0) is 15.1. The second-order valence-electron chi connectivity index (χ2n) is 4.13. The van der Waals surface area contributed by atoms with E-state index in [9.17, 15) is 9.59 Å². The number of anilines is 1. The van der Waals surface area contributed by atoms with Gasteiger partial charge in [0.25, 0.3) is 5.91 Å². The van der Waals surface area contributed by atoms with E-state index in [2.05, 4.69) is 10.3 Å². The fourth-order valence-electron chi connectivity index (χ4n) is 1.81. The maximum Gasteiger partial charge on any atom is 0.257 e. The summed E-state index contributed by atoms with van der Waals surface area (Å²) in [6, 6.07) is 13.6. The Hall–Kier alpha value is -2.91. The van der Waals surface area contributed by atoms with E-state index in [1.54, 1.807) is 48.5 Å². The monoisotopic (exact) mass is 282 g/mol. The molecule has 1 amide bonds. The summed E-state index contributed by atoms with van der Waals surface area (Å²) in [6.45, 7) is 2.49. The number of para-hydroxylation sites is 1. The first-order chi connectivity index (χ1) is 10.2. The van der Waals surface area contributed by atoms with Crippen molar-refractivity contribution in [2.45, 2.75) is 6.92 Å². The van der Waals surface area contributed by atoms with Gasteiger partial charge in [0.1, 0.15) is 5.75 Å². The molecule has 0 saturated heterocycles. The second-order valence-corrected chi connectivity index (χ2v) is 4.13. The van der Waals surface area contributed by atoms with E-state index in [4.69, 9.17) is 4.74 Å². The molecule has 5 heteroatoms. The molecule has 0 unspecified atom stereocenters. The third-order valence-electron chi connectivity index (χ3n) is 2.74. The number of benzene rings is 2. The Labute approximate surface area is 122 Å². The first kappa shape index (κ1) is 14.5. The number of carbonyl (C=O) groups is 1. The lowest BCUT2D eigenvalue weighted by Crippen LogP contribution is -2.11. The van der Waals surface area contributed by atoms with Crippen LogP contribution in [-0.4, -0.2) is 18.6 Å². The minimum absolute atomic E-state index is 0.288. The van der Waals surface area contributed by atoms with E-state index in [1.165, 1.54) is 6.08 Å². The summed E-state index contributed by atoms with van der Waals surface area (Å²) in [5.74, 6) is 0.398. The summed E-state index contributed by atoms with van der Waals surface area (Å²) in [7, 11) is 0. The van der Waals surface area contributed by atoms with E-state index in [0.29, 0.717) is 17.9 Å². The van der Waals surface area contributed by atoms with Crippen molar-refractivity contribution in [1.82, 2.24) is 0 Å². The number of ether oxygens (including phenoxy) is 1. The minimum Gasteiger partial charge on any atom is -0.494 e. The SMILES string of the molecule is CCOc1ccc(NC(=O)c2ccccc2N=C=O)cc1. The highest BCUT2D eigenvalue weighted by Crippen LogP contribution is 2.21. The Morgan fingerprint density at radius 3 is 2.57 bits per heavy atom. The highest BCUT2D eigenvalue weighted by atomic mass is 16.5. The standard InChI is InChI=1S/C16H14N2O3/c1-2-21-13-9-7-12(8-10-13)18-16(20)14-5-3-4-6-15(14)17-11-19/h3-10H,2H2,1H3,(H,18,20). The van der Waals surface area contributed by atoms with Gasteiger partial charge in [-0.1, -0.05) is 12.1 Å². The molecule has 1 N–H and O–H groups in total. The second kappa shape index (κ2) is 7.03. The van der Waals surface area contributed by atoms with Crippen molar-refractivity contribution in [3.05, 3.63) is 54.1 Å². The molecule has 0 bridgehead atoms. The van der Waals surface area contributed by atoms with E-state index in [1.807, 2.05) is 6.92 Å². The summed E-state index contributed by atoms with van der Waals surface area (Å²) in [6.07, 6.45) is 1.44. The average Bonchev–Trinajstić information content (AvgIpc) is 2.50. The smallest absolute Gasteiger partial charge is 0.257 e. The van der Waals surface area contributed by atoms with Crippen molar-refractivity contribution in [2.75, 3.05) is 11.9 Å². The number of aliphatic imine (C=N–C) groups is 1. The van der Waals surface area contributed by atoms with E-state index < -0.39 is 0 Å². The lowest BCUT2D eigenvalue weighted by atomic mass is 10.1. The molecule has 2 aromatic carbocycles. The number of carbonyl (C=O) groups excluding carboxylic acids is 2. The molecule has 0 aliphatic carbocycles. The van der Waals surface area contributed by atoms with Gasteiger partial charge in [0, 0.05) is 5.69 Å². The van der Waals surface area contributed by atoms with Crippen LogP contribution in [0, 0.1) is 0 Å². The summed E-state index contributed by atoms with van der Waals surface area (Å²) in [4.78, 5) is 26.1. The molecular weight excluding hydrogens is 268 g/mol. The largest absolute Gasteiger partial charge is 0.494 e. The van der Waals surface area contributed by atoms with Gasteiger partial charge in [0.05, 0.1) is 17.9 Å². The summed E-state index contributed by atoms with van der Waals surface area (Å²) >= 11 is 0. The Morgan fingerprint density at radius 2 is 1.90 bits per heavy atom. The fourth-order valence-corrected chi connectivity index (χ4v) is 1.81. The molecule has 2 aromatic rings. The van der Waals surface area contributed by atoms with Gasteiger partial charge in [0.2, 0.25) is 6.08 Å². The fraction of sp³-hybridized carbons (Fsp3) is 0.125. The predicted octanol–water partition coefficient (Wildman–Crippen LogP) is 3.30. The third kappa shape index (κ3) is 3.78. The van der Waals surface area contributed by atoms with Crippen LogP contribution < -0.4 is 10.1 Å². The van der Waals surface area contributed by atoms with Gasteiger partial charge in [-0.05, 0) is 43.3 Å². The van der Waals surface area contributed by atoms with Gasteiger partial charge in [0.15, 0.2) is 0 Å². The number of rotatable bonds is 5. The van der Waals surface area contributed by atoms with Crippen molar-refractivity contribution >= 4 is 23.4 Å². The molecule has 0 atom stereocenters. The Kier molecular flexibility index (Phi) is 4.85. The van der Waals surface area contributed by atoms with Gasteiger partial charge >= 0.3 is 0 Å². The molecule has 0 spiro atoms. The van der Waals surface area contributed by atoms with Crippen LogP contribution in [0.5, 0.6) is 5.75 Å². The molecular formula is C16H14N2O3. The topological polar surface area (TPSA) is 67.8 Å². The van der Waals surface area contributed by atoms with E-state index in [-0.39, 0.29) is 11.6 Å². The third-order valence-corrected chi connectivity index (χ3v) is 2.74. The molecule has 0 aliphatic rings. The van der Waals surface area contributed by atoms with Gasteiger partial charge < -0.3 is 10.1 Å². The summed E-state index contributed by atoms with van der Waals surface area (Å²) in [5.41, 5.74) is 1.24. The van der Waals surface area contributed by atoms with Crippen LogP contribution in [0.15, 0.2) is 53.5 Å². The molecule has 2 rings (SSSR count). The van der Waals surface area contributed by atoms with Crippen molar-refractivity contribution in [1.29, 1.82) is 0 Å². The van der Waals surface area contributed by atoms with Crippen LogP contribution in [-0.2, 0) is 4.79 Å². The molecule has 0 saturated carbocycles. The zero-order valence-electron chi connectivity index (χ0n) is 11.5. The van der Waals surface area contributed by atoms with E-state index in [0.717, 1.165) is 5.75 Å². The van der Waals surface area contributed by atoms with E-state index >= 15 is 0 Å². The van der Waals surface area contributed by atoms with Crippen LogP contribution in [0.25, 0.3) is 0 Å². The van der Waals surface area contributed by atoms with Crippen LogP contribution in [0.4, 0.5) is 11.4 Å². The van der Waals surface area contributed by atoms with Gasteiger partial charge in [-0.2, -0.15) is 4.99 Å². The molecule has 0 aliphatic heterocycles. The quantitative estimate of drug-likeness (QED) is 0.675. The van der Waals surface area contributed by atoms with Crippen LogP contribution in [0.2, 0.25) is 0 Å². The summed E-state index contributed by atoms with van der Waals surface area (Å²) < 4.78 is 5.33. The number of hydrogen-bond donors (Lipinski definition) is 1. The number of hydrogen-bond acceptors (Lipinski definition) is 4. The lowest BCUT2D eigenvalue weighted by Gasteiger charge is -2.08. The predicted molar refractivity (Wildman–Crippen MR) is 79.8 cm³/mol. The van der Waals surface area contributed by atoms with Crippen molar-refractivity contribution in [3.8, 4) is 5.75 Å². The van der Waals surface area contributed by atoms with Gasteiger partial charge in [-0.15, -0.1) is 0 Å². The minimum atomic E-state index is -0.339. The highest BCUT2D eigenvalue weighted by molar-refractivity contribution is 6.07. The summed E-state index contributed by atoms with van der Waals surface area (Å²) in [5, 5.41) is 2.74. The zero-order valence-corrected chi connectivity index (χ0v) is 11.5. The number of nitrogens with zero attached hydrogens (tertiary/aromatic N) is 1. The normalized spacial score (nSPS) is 9.57. The van der Waals surface area contributed by atoms with Crippen molar-refractivity contribution in [3.63, 3.8) is 0 Å². The first-order valence-corrected chi connectivity index (χ1v) is 6.45. The van der Waals surface area contributed by atoms with Crippen LogP contribution >= 0.6 is 0 Å². The number of amides is 1. The molecule has 5 nitrogen and oxygen atoms in total. The van der Waals surface area contributed by atoms with Crippen molar-refractivity contribution in [2.24, 2.45) is 4.99 Å². The molecule has 21 heavy (non-hydrogen) atoms. The lowest BCUT2D eigenvalue weighted by molar-refractivity contribution is 0.102. The van der Waals surface area contributed by atoms with Crippen LogP contribution in [0.1, 0.15) is 17.3 Å². The molecule has 106 valence electrons. The molecule has 0 heterocycles. The molecule has 0 fully saturated rings. The number of isocyanates is 1. The Balaban J connectivity index is 2.16. The molecule has 0 radical (unpaired) electrons. The maximum absolute atomic E-state index is 12.2. The van der Waals surface area contributed by atoms with Gasteiger partial charge in [-0.25, -0.2) is 4.79 Å². The Bertz CT molecular complexity index is 674. The van der Waals surface area contributed by atoms with Gasteiger partial charge in [-0.3, -0.25) is 4.79 Å². The highest BCUT2D eigenvalue weighted by Gasteiger charge is 2.10. The molecule has 0 aromatic heterocycles. The first-order valence-electron chi connectivity index (χ1n) is 6.45. The Morgan fingerprint density at radius 1 is 1.19 bits per heavy atom. The maximum atomic E-state index is 12.2. The number of nitrogens with one attached hydrogen (secondary N) is 1. The average molecular weight is 282 g/mol. The van der Waals surface area contributed by atoms with Crippen LogP contribution in [0.3, 0.4) is 0 Å².